The molecule has 0 aliphatic carbocycles. The molecule has 1 amide bonds. The summed E-state index contributed by atoms with van der Waals surface area (Å²) in [5.41, 5.74) is 4.76. The summed E-state index contributed by atoms with van der Waals surface area (Å²) < 4.78 is 18.5. The molecular weight excluding hydrogens is 837 g/mol. The number of carbonyl (C=O) groups is 3. The highest BCUT2D eigenvalue weighted by atomic mass is 16.6. The van der Waals surface area contributed by atoms with Crippen LogP contribution in [0, 0.1) is 5.92 Å². The second-order valence-electron chi connectivity index (χ2n) is 17.5. The first kappa shape index (κ1) is 45.8. The van der Waals surface area contributed by atoms with Gasteiger partial charge in [-0.15, -0.1) is 0 Å². The number of hydrogen-bond donors (Lipinski definition) is 5. The largest absolute Gasteiger partial charge is 0.506 e. The van der Waals surface area contributed by atoms with Crippen molar-refractivity contribution in [2.24, 2.45) is 5.92 Å². The molecule has 0 saturated carbocycles. The quantitative estimate of drug-likeness (QED) is 0.0226. The molecule has 5 N–H and O–H groups in total. The van der Waals surface area contributed by atoms with Gasteiger partial charge in [0, 0.05) is 42.3 Å². The predicted octanol–water partition coefficient (Wildman–Crippen LogP) is 7.31. The molecule has 0 spiro atoms. The number of hydrogen-bond acceptors (Lipinski definition) is 10. The van der Waals surface area contributed by atoms with Gasteiger partial charge < -0.3 is 44.5 Å². The summed E-state index contributed by atoms with van der Waals surface area (Å²) >= 11 is 0. The van der Waals surface area contributed by atoms with E-state index in [1.807, 2.05) is 109 Å². The average molecular weight is 894 g/mol. The van der Waals surface area contributed by atoms with Crippen molar-refractivity contribution in [3.8, 4) is 11.5 Å². The van der Waals surface area contributed by atoms with Crippen molar-refractivity contribution < 1.29 is 43.3 Å². The number of rotatable bonds is 20. The van der Waals surface area contributed by atoms with Gasteiger partial charge in [-0.3, -0.25) is 14.4 Å². The Morgan fingerprint density at radius 3 is 2.30 bits per heavy atom. The zero-order chi connectivity index (χ0) is 45.9. The summed E-state index contributed by atoms with van der Waals surface area (Å²) in [5.74, 6) is 0.661. The molecule has 2 bridgehead atoms. The number of fused-ring (bicyclic) bond motifs is 4. The van der Waals surface area contributed by atoms with Crippen LogP contribution in [-0.4, -0.2) is 89.5 Å². The van der Waals surface area contributed by atoms with Crippen LogP contribution < -0.4 is 20.9 Å². The van der Waals surface area contributed by atoms with E-state index < -0.39 is 18.2 Å². The van der Waals surface area contributed by atoms with Crippen LogP contribution in [-0.2, 0) is 27.3 Å². The first-order chi connectivity index (χ1) is 32.1. The van der Waals surface area contributed by atoms with Crippen molar-refractivity contribution in [1.82, 2.24) is 15.6 Å². The van der Waals surface area contributed by atoms with Crippen molar-refractivity contribution in [2.75, 3.05) is 45.9 Å². The van der Waals surface area contributed by atoms with Crippen molar-refractivity contribution >= 4 is 28.7 Å². The zero-order valence-electron chi connectivity index (χ0n) is 36.9. The summed E-state index contributed by atoms with van der Waals surface area (Å²) in [6, 6.07) is 40.0. The molecule has 9 rings (SSSR count). The van der Waals surface area contributed by atoms with Gasteiger partial charge >= 0.3 is 12.1 Å². The molecule has 3 saturated heterocycles. The zero-order valence-corrected chi connectivity index (χ0v) is 36.9. The number of Topliss-reactive ketones (excluding diaryl/α,β-unsaturated/α-hetero) is 1. The summed E-state index contributed by atoms with van der Waals surface area (Å²) in [6.07, 6.45) is 1.76. The van der Waals surface area contributed by atoms with Crippen LogP contribution in [0.25, 0.3) is 10.9 Å². The number of nitrogens with one attached hydrogen (secondary N) is 3. The highest BCUT2D eigenvalue weighted by Gasteiger charge is 2.48. The number of benzene rings is 5. The van der Waals surface area contributed by atoms with Crippen molar-refractivity contribution in [2.45, 2.75) is 57.0 Å². The first-order valence-electron chi connectivity index (χ1n) is 22.8. The fourth-order valence-corrected chi connectivity index (χ4v) is 9.25. The number of quaternary nitrogens is 1. The van der Waals surface area contributed by atoms with Gasteiger partial charge in [0.15, 0.2) is 6.10 Å². The summed E-state index contributed by atoms with van der Waals surface area (Å²) in [4.78, 5) is 53.8. The van der Waals surface area contributed by atoms with Crippen LogP contribution in [0.1, 0.15) is 76.0 Å². The number of pyridine rings is 1. The van der Waals surface area contributed by atoms with Crippen LogP contribution in [0.2, 0.25) is 0 Å². The standard InChI is InChI=1S/C53H56N4O9/c58-45-22-20-43(44-21-23-49(61)55-52(44)45)46(59)32-54-26-7-8-29-64-50(62)30-36-16-18-37(19-17-36)35-65-42-15-9-14-41(31-42)51(40-12-5-2-6-13-40)56-53(63)66-48-34-57(27-24-39(48)25-28-57)33-47(60)38-10-3-1-4-11-38/h1-6,9-23,31,39,46,48,51,54,59H,7-8,24-30,32-35H2,(H2-,55,56,58,61,63)/p+1/t39?,46-,48-,51?,57?/m0/s1. The Morgan fingerprint density at radius 1 is 0.803 bits per heavy atom. The second-order valence-corrected chi connectivity index (χ2v) is 17.5. The number of ether oxygens (including phenoxy) is 3. The van der Waals surface area contributed by atoms with Gasteiger partial charge in [-0.1, -0.05) is 103 Å². The molecule has 342 valence electrons. The van der Waals surface area contributed by atoms with Crippen molar-refractivity contribution in [3.63, 3.8) is 0 Å². The average Bonchev–Trinajstić information content (AvgIpc) is 3.33. The number of H-pyrrole nitrogens is 1. The SMILES string of the molecule is O=C(Cc1ccc(COc2cccc(C(NC(=O)O[C@H]3C[N+]4(CC(=O)c5ccccc5)CCC3CC4)c3ccccc3)c2)cc1)OCCCCNC[C@H](O)c1ccc(O)c2[nH]c(=O)ccc12. The molecule has 6 aromatic rings. The number of aromatic hydroxyl groups is 1. The number of esters is 1. The van der Waals surface area contributed by atoms with E-state index in [0.29, 0.717) is 64.9 Å². The minimum Gasteiger partial charge on any atom is -0.506 e. The Balaban J connectivity index is 0.774. The van der Waals surface area contributed by atoms with E-state index in [9.17, 15) is 29.4 Å². The van der Waals surface area contributed by atoms with Gasteiger partial charge in [0.1, 0.15) is 31.2 Å². The molecule has 5 aromatic carbocycles. The van der Waals surface area contributed by atoms with Gasteiger partial charge in [-0.2, -0.15) is 0 Å². The number of unbranched alkanes of at least 4 members (excludes halogenated alkanes) is 1. The predicted molar refractivity (Wildman–Crippen MR) is 250 cm³/mol. The van der Waals surface area contributed by atoms with Crippen molar-refractivity contribution in [3.05, 3.63) is 177 Å². The molecule has 13 nitrogen and oxygen atoms in total. The third-order valence-corrected chi connectivity index (χ3v) is 12.9. The van der Waals surface area contributed by atoms with E-state index in [1.54, 1.807) is 12.1 Å². The molecule has 3 atom stereocenters. The van der Waals surface area contributed by atoms with E-state index in [0.717, 1.165) is 54.6 Å². The Kier molecular flexibility index (Phi) is 14.9. The number of alkyl carbamates (subject to hydrolysis) is 1. The molecule has 3 fully saturated rings. The summed E-state index contributed by atoms with van der Waals surface area (Å²) in [6.45, 7) is 4.33. The van der Waals surface area contributed by atoms with Crippen LogP contribution in [0.4, 0.5) is 4.79 Å². The fourth-order valence-electron chi connectivity index (χ4n) is 9.25. The Labute approximate surface area is 383 Å². The number of carbonyl (C=O) groups excluding carboxylic acids is 3. The van der Waals surface area contributed by atoms with Gasteiger partial charge in [-0.25, -0.2) is 4.79 Å². The molecular formula is C53H57N4O9+. The lowest BCUT2D eigenvalue weighted by Gasteiger charge is -2.51. The monoisotopic (exact) mass is 893 g/mol. The Bertz CT molecular complexity index is 2650. The minimum absolute atomic E-state index is 0.0566. The topological polar surface area (TPSA) is 176 Å². The third kappa shape index (κ3) is 11.7. The van der Waals surface area contributed by atoms with Gasteiger partial charge in [0.25, 0.3) is 0 Å². The van der Waals surface area contributed by atoms with Crippen LogP contribution in [0.5, 0.6) is 11.5 Å². The van der Waals surface area contributed by atoms with Gasteiger partial charge in [0.05, 0.1) is 43.8 Å². The lowest BCUT2D eigenvalue weighted by Crippen LogP contribution is -2.66. The van der Waals surface area contributed by atoms with Gasteiger partial charge in [0.2, 0.25) is 11.3 Å². The molecule has 1 unspecified atom stereocenters. The number of aliphatic hydroxyl groups excluding tert-OH is 1. The Hall–Kier alpha value is -6.80. The maximum atomic E-state index is 13.7. The van der Waals surface area contributed by atoms with Gasteiger partial charge in [-0.05, 0) is 71.5 Å². The third-order valence-electron chi connectivity index (χ3n) is 12.9. The number of nitrogens with zero attached hydrogens (tertiary/aromatic N) is 1. The van der Waals surface area contributed by atoms with Crippen LogP contribution in [0.15, 0.2) is 138 Å². The fraction of sp³-hybridized carbons (Fsp3) is 0.321. The molecule has 0 radical (unpaired) electrons. The number of amides is 1. The van der Waals surface area contributed by atoms with Crippen LogP contribution >= 0.6 is 0 Å². The Morgan fingerprint density at radius 2 is 1.53 bits per heavy atom. The van der Waals surface area contributed by atoms with E-state index in [4.69, 9.17) is 14.2 Å². The number of phenolic OH excluding ortho intramolecular Hbond substituents is 1. The van der Waals surface area contributed by atoms with E-state index in [-0.39, 0.29) is 54.7 Å². The number of ketones is 1. The number of aromatic amines is 1. The molecule has 66 heavy (non-hydrogen) atoms. The normalized spacial score (nSPS) is 18.6. The number of aromatic nitrogens is 1. The molecule has 4 heterocycles. The molecule has 3 aliphatic heterocycles. The van der Waals surface area contributed by atoms with E-state index >= 15 is 0 Å². The summed E-state index contributed by atoms with van der Waals surface area (Å²) in [5, 5.41) is 27.8. The van der Waals surface area contributed by atoms with E-state index in [1.165, 1.54) is 12.1 Å². The number of phenols is 1. The second kappa shape index (κ2) is 21.5. The van der Waals surface area contributed by atoms with Crippen LogP contribution in [0.3, 0.4) is 0 Å². The smallest absolute Gasteiger partial charge is 0.408 e. The lowest BCUT2D eigenvalue weighted by molar-refractivity contribution is -0.938. The minimum atomic E-state index is -0.844. The maximum absolute atomic E-state index is 13.7. The highest BCUT2D eigenvalue weighted by molar-refractivity contribution is 5.97. The first-order valence-corrected chi connectivity index (χ1v) is 22.8. The lowest BCUT2D eigenvalue weighted by atomic mass is 9.83. The summed E-state index contributed by atoms with van der Waals surface area (Å²) in [7, 11) is 0. The molecule has 1 aromatic heterocycles. The maximum Gasteiger partial charge on any atom is 0.408 e. The number of aliphatic hydroxyl groups is 1. The highest BCUT2D eigenvalue weighted by Crippen LogP contribution is 2.36. The number of piperidine rings is 3. The molecule has 3 aliphatic rings. The van der Waals surface area contributed by atoms with E-state index in [2.05, 4.69) is 15.6 Å². The molecule has 13 heteroatoms. The van der Waals surface area contributed by atoms with Crippen molar-refractivity contribution in [1.29, 1.82) is 0 Å².